The fourth-order valence-corrected chi connectivity index (χ4v) is 0.802. The van der Waals surface area contributed by atoms with Crippen molar-refractivity contribution >= 4 is 11.8 Å². The number of hydrogen-bond acceptors (Lipinski definition) is 3. The fraction of sp³-hybridized carbons (Fsp3) is 0.333. The molecule has 12 heavy (non-hydrogen) atoms. The first kappa shape index (κ1) is 8.51. The number of carboxylic acids is 1. The zero-order valence-electron chi connectivity index (χ0n) is 6.20. The number of hydrogen-bond donors (Lipinski definition) is 2. The fourth-order valence-electron chi connectivity index (χ4n) is 0.802. The average Bonchev–Trinajstić information content (AvgIpc) is 2.32. The molecular weight excluding hydrogens is 165 g/mol. The molecule has 0 bridgehead atoms. The zero-order valence-corrected chi connectivity index (χ0v) is 6.20. The second-order valence-corrected chi connectivity index (χ2v) is 2.19. The van der Waals surface area contributed by atoms with Gasteiger partial charge in [-0.1, -0.05) is 0 Å². The van der Waals surface area contributed by atoms with Crippen LogP contribution in [0.1, 0.15) is 10.4 Å². The number of alkyl halides is 1. The third kappa shape index (κ3) is 1.52. The number of anilines is 1. The summed E-state index contributed by atoms with van der Waals surface area (Å²) in [5.41, 5.74) is 5.14. The Morgan fingerprint density at radius 1 is 1.83 bits per heavy atom. The first-order valence-electron chi connectivity index (χ1n) is 3.27. The third-order valence-corrected chi connectivity index (χ3v) is 1.33. The molecule has 0 radical (unpaired) electrons. The van der Waals surface area contributed by atoms with Gasteiger partial charge in [0.15, 0.2) is 5.82 Å². The lowest BCUT2D eigenvalue weighted by Crippen LogP contribution is -2.00. The molecule has 1 heterocycles. The Bertz CT molecular complexity index is 297. The molecule has 0 spiro atoms. The molecular formula is C6H8FN3O2. The second-order valence-electron chi connectivity index (χ2n) is 2.19. The van der Waals surface area contributed by atoms with E-state index in [1.54, 1.807) is 0 Å². The zero-order chi connectivity index (χ0) is 9.14. The van der Waals surface area contributed by atoms with Crippen molar-refractivity contribution in [2.45, 2.75) is 6.54 Å². The summed E-state index contributed by atoms with van der Waals surface area (Å²) in [6, 6.07) is 0. The van der Waals surface area contributed by atoms with Gasteiger partial charge in [-0.2, -0.15) is 5.10 Å². The molecule has 0 saturated heterocycles. The molecule has 0 aliphatic rings. The largest absolute Gasteiger partial charge is 0.477 e. The molecule has 0 aliphatic carbocycles. The van der Waals surface area contributed by atoms with Crippen LogP contribution in [0.4, 0.5) is 10.2 Å². The van der Waals surface area contributed by atoms with Gasteiger partial charge in [0.2, 0.25) is 0 Å². The van der Waals surface area contributed by atoms with E-state index >= 15 is 0 Å². The van der Waals surface area contributed by atoms with Crippen LogP contribution in [0.3, 0.4) is 0 Å². The van der Waals surface area contributed by atoms with Crippen molar-refractivity contribution in [1.29, 1.82) is 0 Å². The Hall–Kier alpha value is -1.59. The van der Waals surface area contributed by atoms with Crippen LogP contribution in [0.5, 0.6) is 0 Å². The van der Waals surface area contributed by atoms with Gasteiger partial charge in [-0.15, -0.1) is 0 Å². The Morgan fingerprint density at radius 3 is 2.92 bits per heavy atom. The van der Waals surface area contributed by atoms with Crippen LogP contribution >= 0.6 is 0 Å². The van der Waals surface area contributed by atoms with Gasteiger partial charge >= 0.3 is 5.97 Å². The van der Waals surface area contributed by atoms with Crippen LogP contribution in [0.2, 0.25) is 0 Å². The van der Waals surface area contributed by atoms with Crippen molar-refractivity contribution in [3.8, 4) is 0 Å². The summed E-state index contributed by atoms with van der Waals surface area (Å²) in [6.45, 7) is -0.572. The molecule has 5 nitrogen and oxygen atoms in total. The summed E-state index contributed by atoms with van der Waals surface area (Å²) in [7, 11) is 0. The summed E-state index contributed by atoms with van der Waals surface area (Å²) in [5.74, 6) is -1.24. The lowest BCUT2D eigenvalue weighted by molar-refractivity contribution is 0.0698. The van der Waals surface area contributed by atoms with Crippen molar-refractivity contribution in [2.75, 3.05) is 12.4 Å². The topological polar surface area (TPSA) is 81.1 Å². The molecule has 66 valence electrons. The van der Waals surface area contributed by atoms with E-state index < -0.39 is 12.6 Å². The van der Waals surface area contributed by atoms with E-state index in [1.807, 2.05) is 0 Å². The van der Waals surface area contributed by atoms with Gasteiger partial charge in [-0.25, -0.2) is 9.18 Å². The van der Waals surface area contributed by atoms with Crippen molar-refractivity contribution < 1.29 is 14.3 Å². The molecule has 6 heteroatoms. The maximum absolute atomic E-state index is 11.8. The first-order valence-corrected chi connectivity index (χ1v) is 3.27. The molecule has 1 aromatic heterocycles. The number of aryl methyl sites for hydroxylation is 1. The molecule has 1 rings (SSSR count). The van der Waals surface area contributed by atoms with E-state index in [4.69, 9.17) is 10.8 Å². The molecule has 1 aromatic rings. The van der Waals surface area contributed by atoms with Crippen molar-refractivity contribution in [2.24, 2.45) is 0 Å². The highest BCUT2D eigenvalue weighted by atomic mass is 19.1. The summed E-state index contributed by atoms with van der Waals surface area (Å²) >= 11 is 0. The van der Waals surface area contributed by atoms with Gasteiger partial charge in [-0.3, -0.25) is 4.68 Å². The van der Waals surface area contributed by atoms with E-state index in [-0.39, 0.29) is 17.9 Å². The Labute approximate surface area is 67.6 Å². The second kappa shape index (κ2) is 3.21. The molecule has 0 amide bonds. The maximum atomic E-state index is 11.8. The smallest absolute Gasteiger partial charge is 0.341 e. The van der Waals surface area contributed by atoms with Gasteiger partial charge in [0.1, 0.15) is 12.2 Å². The monoisotopic (exact) mass is 173 g/mol. The number of halogens is 1. The number of aromatic carboxylic acids is 1. The van der Waals surface area contributed by atoms with Crippen LogP contribution in [0, 0.1) is 0 Å². The van der Waals surface area contributed by atoms with Crippen LogP contribution in [-0.2, 0) is 6.54 Å². The van der Waals surface area contributed by atoms with Crippen LogP contribution in [0.25, 0.3) is 0 Å². The Balaban J connectivity index is 2.92. The van der Waals surface area contributed by atoms with E-state index in [1.165, 1.54) is 10.9 Å². The van der Waals surface area contributed by atoms with E-state index in [0.29, 0.717) is 0 Å². The molecule has 3 N–H and O–H groups in total. The predicted octanol–water partition coefficient (Wildman–Crippen LogP) is 0.133. The molecule has 0 unspecified atom stereocenters. The standard InChI is InChI=1S/C6H8FN3O2/c7-1-2-10-3-4(6(11)12)5(8)9-10/h3H,1-2H2,(H2,8,9)(H,11,12). The minimum absolute atomic E-state index is 0.0253. The molecule has 0 atom stereocenters. The highest BCUT2D eigenvalue weighted by Gasteiger charge is 2.11. The molecule has 0 fully saturated rings. The maximum Gasteiger partial charge on any atom is 0.341 e. The molecule has 0 aromatic carbocycles. The lowest BCUT2D eigenvalue weighted by atomic mass is 10.3. The minimum atomic E-state index is -1.15. The average molecular weight is 173 g/mol. The van der Waals surface area contributed by atoms with Crippen molar-refractivity contribution in [3.63, 3.8) is 0 Å². The molecule has 0 aliphatic heterocycles. The predicted molar refractivity (Wildman–Crippen MR) is 39.6 cm³/mol. The number of rotatable bonds is 3. The Kier molecular flexibility index (Phi) is 2.27. The van der Waals surface area contributed by atoms with Gasteiger partial charge in [0.05, 0.1) is 6.54 Å². The van der Waals surface area contributed by atoms with Crippen molar-refractivity contribution in [1.82, 2.24) is 9.78 Å². The number of aromatic nitrogens is 2. The van der Waals surface area contributed by atoms with E-state index in [2.05, 4.69) is 5.10 Å². The number of nitrogens with zero attached hydrogens (tertiary/aromatic N) is 2. The summed E-state index contributed by atoms with van der Waals surface area (Å²) < 4.78 is 12.9. The SMILES string of the molecule is Nc1nn(CCF)cc1C(=O)O. The van der Waals surface area contributed by atoms with Crippen LogP contribution < -0.4 is 5.73 Å². The number of nitrogen functional groups attached to an aromatic ring is 1. The highest BCUT2D eigenvalue weighted by molar-refractivity contribution is 5.92. The van der Waals surface area contributed by atoms with Gasteiger partial charge in [0, 0.05) is 6.20 Å². The summed E-state index contributed by atoms with van der Waals surface area (Å²) in [6.07, 6.45) is 1.21. The molecule has 0 saturated carbocycles. The van der Waals surface area contributed by atoms with Crippen molar-refractivity contribution in [3.05, 3.63) is 11.8 Å². The van der Waals surface area contributed by atoms with Gasteiger partial charge in [0.25, 0.3) is 0 Å². The summed E-state index contributed by atoms with van der Waals surface area (Å²) in [5, 5.41) is 12.1. The quantitative estimate of drug-likeness (QED) is 0.680. The van der Waals surface area contributed by atoms with Crippen LogP contribution in [0.15, 0.2) is 6.20 Å². The normalized spacial score (nSPS) is 10.1. The number of nitrogens with two attached hydrogens (primary N) is 1. The van der Waals surface area contributed by atoms with E-state index in [0.717, 1.165) is 0 Å². The first-order chi connectivity index (χ1) is 5.65. The number of carboxylic acid groups (broad SMARTS) is 1. The third-order valence-electron chi connectivity index (χ3n) is 1.33. The van der Waals surface area contributed by atoms with Gasteiger partial charge in [-0.05, 0) is 0 Å². The summed E-state index contributed by atoms with van der Waals surface area (Å²) in [4.78, 5) is 10.4. The Morgan fingerprint density at radius 2 is 2.50 bits per heavy atom. The van der Waals surface area contributed by atoms with Crippen LogP contribution in [-0.4, -0.2) is 27.5 Å². The number of carbonyl (C=O) groups is 1. The van der Waals surface area contributed by atoms with Gasteiger partial charge < -0.3 is 10.8 Å². The highest BCUT2D eigenvalue weighted by Crippen LogP contribution is 2.07. The lowest BCUT2D eigenvalue weighted by Gasteiger charge is -1.91. The minimum Gasteiger partial charge on any atom is -0.477 e. The van der Waals surface area contributed by atoms with E-state index in [9.17, 15) is 9.18 Å².